The topological polar surface area (TPSA) is 55.1 Å². The van der Waals surface area contributed by atoms with E-state index in [1.54, 1.807) is 29.1 Å². The van der Waals surface area contributed by atoms with Gasteiger partial charge >= 0.3 is 5.97 Å². The lowest BCUT2D eigenvalue weighted by molar-refractivity contribution is -0.131. The van der Waals surface area contributed by atoms with Crippen molar-refractivity contribution in [3.05, 3.63) is 52.3 Å². The third-order valence-corrected chi connectivity index (χ3v) is 2.73. The molecule has 0 saturated carbocycles. The predicted octanol–water partition coefficient (Wildman–Crippen LogP) is 3.28. The second-order valence-electron chi connectivity index (χ2n) is 3.48. The van der Waals surface area contributed by atoms with Gasteiger partial charge in [0.2, 0.25) is 0 Å². The van der Waals surface area contributed by atoms with Gasteiger partial charge in [-0.05, 0) is 23.8 Å². The molecule has 1 aromatic carbocycles. The molecule has 0 atom stereocenters. The van der Waals surface area contributed by atoms with E-state index in [0.29, 0.717) is 15.6 Å². The number of benzene rings is 1. The molecule has 0 bridgehead atoms. The normalized spacial score (nSPS) is 11.0. The first-order valence-electron chi connectivity index (χ1n) is 4.97. The zero-order valence-corrected chi connectivity index (χ0v) is 10.6. The highest BCUT2D eigenvalue weighted by molar-refractivity contribution is 6.32. The standard InChI is InChI=1S/C12H8Cl2N2O2/c13-9-6-15-16(7-9)10-3-1-8(11(14)5-10)2-4-12(17)18/h1-7H,(H,17,18)/b4-2+. The van der Waals surface area contributed by atoms with Crippen LogP contribution in [0.5, 0.6) is 0 Å². The average molecular weight is 283 g/mol. The van der Waals surface area contributed by atoms with E-state index in [9.17, 15) is 4.79 Å². The van der Waals surface area contributed by atoms with Crippen LogP contribution >= 0.6 is 23.2 Å². The van der Waals surface area contributed by atoms with Crippen LogP contribution in [-0.2, 0) is 4.79 Å². The van der Waals surface area contributed by atoms with Gasteiger partial charge in [0.15, 0.2) is 0 Å². The van der Waals surface area contributed by atoms with Gasteiger partial charge in [-0.2, -0.15) is 5.10 Å². The van der Waals surface area contributed by atoms with Crippen LogP contribution in [0, 0.1) is 0 Å². The second-order valence-corrected chi connectivity index (χ2v) is 4.32. The van der Waals surface area contributed by atoms with E-state index < -0.39 is 5.97 Å². The minimum atomic E-state index is -1.02. The van der Waals surface area contributed by atoms with Gasteiger partial charge in [-0.15, -0.1) is 0 Å². The van der Waals surface area contributed by atoms with Crippen LogP contribution in [0.2, 0.25) is 10.0 Å². The number of carbonyl (C=O) groups is 1. The summed E-state index contributed by atoms with van der Waals surface area (Å²) in [5.74, 6) is -1.02. The Hall–Kier alpha value is -1.78. The van der Waals surface area contributed by atoms with Crippen LogP contribution in [0.4, 0.5) is 0 Å². The van der Waals surface area contributed by atoms with Gasteiger partial charge in [0.1, 0.15) is 0 Å². The molecule has 0 spiro atoms. The van der Waals surface area contributed by atoms with Crippen molar-refractivity contribution >= 4 is 35.2 Å². The van der Waals surface area contributed by atoms with Gasteiger partial charge < -0.3 is 5.11 Å². The molecule has 0 radical (unpaired) electrons. The van der Waals surface area contributed by atoms with Crippen LogP contribution in [0.25, 0.3) is 11.8 Å². The largest absolute Gasteiger partial charge is 0.478 e. The van der Waals surface area contributed by atoms with E-state index in [1.165, 1.54) is 12.3 Å². The minimum absolute atomic E-state index is 0.441. The van der Waals surface area contributed by atoms with Gasteiger partial charge in [-0.25, -0.2) is 9.48 Å². The highest BCUT2D eigenvalue weighted by Crippen LogP contribution is 2.22. The van der Waals surface area contributed by atoms with Crippen molar-refractivity contribution < 1.29 is 9.90 Å². The van der Waals surface area contributed by atoms with E-state index >= 15 is 0 Å². The summed E-state index contributed by atoms with van der Waals surface area (Å²) < 4.78 is 1.58. The van der Waals surface area contributed by atoms with Crippen LogP contribution < -0.4 is 0 Å². The van der Waals surface area contributed by atoms with E-state index in [1.807, 2.05) is 0 Å². The lowest BCUT2D eigenvalue weighted by Gasteiger charge is -2.04. The van der Waals surface area contributed by atoms with Crippen molar-refractivity contribution in [3.8, 4) is 5.69 Å². The quantitative estimate of drug-likeness (QED) is 0.879. The van der Waals surface area contributed by atoms with Crippen molar-refractivity contribution in [2.24, 2.45) is 0 Å². The Morgan fingerprint density at radius 3 is 2.72 bits per heavy atom. The number of carboxylic acid groups (broad SMARTS) is 1. The average Bonchev–Trinajstić information content (AvgIpc) is 2.74. The summed E-state index contributed by atoms with van der Waals surface area (Å²) in [6.07, 6.45) is 5.64. The molecule has 0 aliphatic heterocycles. The molecule has 4 nitrogen and oxygen atoms in total. The fraction of sp³-hybridized carbons (Fsp3) is 0. The molecule has 0 saturated heterocycles. The summed E-state index contributed by atoms with van der Waals surface area (Å²) in [5, 5.41) is 13.6. The van der Waals surface area contributed by atoms with Gasteiger partial charge in [0, 0.05) is 17.3 Å². The van der Waals surface area contributed by atoms with Gasteiger partial charge in [0.25, 0.3) is 0 Å². The number of halogens is 2. The highest BCUT2D eigenvalue weighted by Gasteiger charge is 2.03. The summed E-state index contributed by atoms with van der Waals surface area (Å²) in [7, 11) is 0. The number of hydrogen-bond donors (Lipinski definition) is 1. The zero-order valence-electron chi connectivity index (χ0n) is 9.05. The van der Waals surface area contributed by atoms with Crippen LogP contribution in [0.1, 0.15) is 5.56 Å². The first-order valence-corrected chi connectivity index (χ1v) is 5.73. The maximum absolute atomic E-state index is 10.4. The molecular weight excluding hydrogens is 275 g/mol. The molecule has 0 amide bonds. The summed E-state index contributed by atoms with van der Waals surface area (Å²) >= 11 is 11.8. The number of aromatic nitrogens is 2. The van der Waals surface area contributed by atoms with Crippen molar-refractivity contribution in [3.63, 3.8) is 0 Å². The van der Waals surface area contributed by atoms with E-state index in [0.717, 1.165) is 11.8 Å². The smallest absolute Gasteiger partial charge is 0.328 e. The molecule has 0 aliphatic rings. The lowest BCUT2D eigenvalue weighted by atomic mass is 10.2. The maximum Gasteiger partial charge on any atom is 0.328 e. The Bertz CT molecular complexity index is 620. The molecule has 0 aliphatic carbocycles. The van der Waals surface area contributed by atoms with Crippen molar-refractivity contribution in [1.29, 1.82) is 0 Å². The molecule has 18 heavy (non-hydrogen) atoms. The molecule has 92 valence electrons. The third kappa shape index (κ3) is 2.91. The Morgan fingerprint density at radius 1 is 1.39 bits per heavy atom. The van der Waals surface area contributed by atoms with E-state index in [2.05, 4.69) is 5.10 Å². The van der Waals surface area contributed by atoms with Gasteiger partial charge in [-0.3, -0.25) is 0 Å². The third-order valence-electron chi connectivity index (χ3n) is 2.21. The first kappa shape index (κ1) is 12.7. The first-order chi connectivity index (χ1) is 8.56. The van der Waals surface area contributed by atoms with E-state index in [4.69, 9.17) is 28.3 Å². The number of carboxylic acids is 1. The second kappa shape index (κ2) is 5.25. The number of hydrogen-bond acceptors (Lipinski definition) is 2. The lowest BCUT2D eigenvalue weighted by Crippen LogP contribution is -1.94. The minimum Gasteiger partial charge on any atom is -0.478 e. The molecule has 1 heterocycles. The van der Waals surface area contributed by atoms with Gasteiger partial charge in [0.05, 0.1) is 16.9 Å². The molecular formula is C12H8Cl2N2O2. The summed E-state index contributed by atoms with van der Waals surface area (Å²) in [5.41, 5.74) is 1.38. The van der Waals surface area contributed by atoms with Crippen molar-refractivity contribution in [2.45, 2.75) is 0 Å². The molecule has 1 aromatic heterocycles. The molecule has 0 fully saturated rings. The van der Waals surface area contributed by atoms with Crippen LogP contribution in [0.15, 0.2) is 36.7 Å². The number of aliphatic carboxylic acids is 1. The Kier molecular flexibility index (Phi) is 3.69. The zero-order chi connectivity index (χ0) is 13.1. The number of rotatable bonds is 3. The molecule has 6 heteroatoms. The Labute approximate surface area is 113 Å². The van der Waals surface area contributed by atoms with Gasteiger partial charge in [-0.1, -0.05) is 29.3 Å². The molecule has 2 aromatic rings. The number of nitrogens with zero attached hydrogens (tertiary/aromatic N) is 2. The molecule has 2 rings (SSSR count). The van der Waals surface area contributed by atoms with Crippen molar-refractivity contribution in [2.75, 3.05) is 0 Å². The SMILES string of the molecule is O=C(O)/C=C/c1ccc(-n2cc(Cl)cn2)cc1Cl. The van der Waals surface area contributed by atoms with Crippen molar-refractivity contribution in [1.82, 2.24) is 9.78 Å². The molecule has 0 unspecified atom stereocenters. The highest BCUT2D eigenvalue weighted by atomic mass is 35.5. The van der Waals surface area contributed by atoms with Crippen LogP contribution in [0.3, 0.4) is 0 Å². The summed E-state index contributed by atoms with van der Waals surface area (Å²) in [6.45, 7) is 0. The summed E-state index contributed by atoms with van der Waals surface area (Å²) in [4.78, 5) is 10.4. The summed E-state index contributed by atoms with van der Waals surface area (Å²) in [6, 6.07) is 5.18. The fourth-order valence-electron chi connectivity index (χ4n) is 1.40. The Morgan fingerprint density at radius 2 is 2.17 bits per heavy atom. The van der Waals surface area contributed by atoms with Crippen LogP contribution in [-0.4, -0.2) is 20.9 Å². The maximum atomic E-state index is 10.4. The van der Waals surface area contributed by atoms with E-state index in [-0.39, 0.29) is 0 Å². The fourth-order valence-corrected chi connectivity index (χ4v) is 1.77. The Balaban J connectivity index is 2.33. The monoisotopic (exact) mass is 282 g/mol. The predicted molar refractivity (Wildman–Crippen MR) is 70.3 cm³/mol. The molecule has 1 N–H and O–H groups in total.